The van der Waals surface area contributed by atoms with Gasteiger partial charge in [0.25, 0.3) is 5.56 Å². The zero-order valence-electron chi connectivity index (χ0n) is 17.9. The van der Waals surface area contributed by atoms with Crippen molar-refractivity contribution in [2.24, 2.45) is 0 Å². The molecule has 4 aromatic rings. The number of Topliss-reactive ketones (excluding diaryl/α,β-unsaturated/α-hetero) is 1. The van der Waals surface area contributed by atoms with Crippen molar-refractivity contribution in [2.45, 2.75) is 5.16 Å². The third kappa shape index (κ3) is 4.45. The van der Waals surface area contributed by atoms with Crippen molar-refractivity contribution < 1.29 is 14.3 Å². The second kappa shape index (κ2) is 9.59. The van der Waals surface area contributed by atoms with Crippen LogP contribution in [0.2, 0.25) is 0 Å². The number of nitrogens with zero attached hydrogens (tertiary/aromatic N) is 3. The van der Waals surface area contributed by atoms with Crippen molar-refractivity contribution in [2.75, 3.05) is 20.0 Å². The minimum absolute atomic E-state index is 0.0323. The zero-order chi connectivity index (χ0) is 23.4. The van der Waals surface area contributed by atoms with Gasteiger partial charge in [0.05, 0.1) is 53.8 Å². The van der Waals surface area contributed by atoms with Crippen molar-refractivity contribution in [3.63, 3.8) is 0 Å². The number of methoxy groups -OCH3 is 2. The van der Waals surface area contributed by atoms with Gasteiger partial charge < -0.3 is 9.47 Å². The standard InChI is InChI=1S/C25H19N3O4S/c1-31-18-11-12-23(32-2)20(13-18)22(29)15-33-25-27-21-6-4-3-5-19(21)24(30)28(25)17-9-7-16(14-26)8-10-17/h3-13H,15H2,1-2H3. The fourth-order valence-corrected chi connectivity index (χ4v) is 4.26. The lowest BCUT2D eigenvalue weighted by Crippen LogP contribution is -2.22. The Kier molecular flexibility index (Phi) is 6.43. The Labute approximate surface area is 194 Å². The highest BCUT2D eigenvalue weighted by molar-refractivity contribution is 7.99. The highest BCUT2D eigenvalue weighted by atomic mass is 32.2. The normalized spacial score (nSPS) is 10.6. The largest absolute Gasteiger partial charge is 0.497 e. The van der Waals surface area contributed by atoms with Gasteiger partial charge in [-0.2, -0.15) is 5.26 Å². The smallest absolute Gasteiger partial charge is 0.266 e. The van der Waals surface area contributed by atoms with E-state index in [1.165, 1.54) is 18.8 Å². The minimum atomic E-state index is -0.251. The average molecular weight is 458 g/mol. The van der Waals surface area contributed by atoms with Crippen molar-refractivity contribution in [1.29, 1.82) is 5.26 Å². The van der Waals surface area contributed by atoms with E-state index in [0.29, 0.717) is 44.4 Å². The van der Waals surface area contributed by atoms with E-state index in [1.54, 1.807) is 60.7 Å². The number of carbonyl (C=O) groups excluding carboxylic acids is 1. The molecule has 1 aromatic heterocycles. The third-order valence-corrected chi connectivity index (χ3v) is 5.98. The Hall–Kier alpha value is -4.09. The molecule has 0 fully saturated rings. The molecule has 0 spiro atoms. The molecule has 0 radical (unpaired) electrons. The number of para-hydroxylation sites is 1. The summed E-state index contributed by atoms with van der Waals surface area (Å²) in [6.07, 6.45) is 0. The van der Waals surface area contributed by atoms with E-state index in [-0.39, 0.29) is 17.1 Å². The molecule has 0 saturated carbocycles. The van der Waals surface area contributed by atoms with Gasteiger partial charge in [0.1, 0.15) is 11.5 Å². The average Bonchev–Trinajstić information content (AvgIpc) is 2.87. The Morgan fingerprint density at radius 1 is 1.06 bits per heavy atom. The molecule has 1 heterocycles. The van der Waals surface area contributed by atoms with Gasteiger partial charge >= 0.3 is 0 Å². The number of nitriles is 1. The maximum Gasteiger partial charge on any atom is 0.266 e. The number of rotatable bonds is 7. The number of benzene rings is 3. The Bertz CT molecular complexity index is 1440. The van der Waals surface area contributed by atoms with Gasteiger partial charge in [-0.05, 0) is 54.6 Å². The van der Waals surface area contributed by atoms with Crippen LogP contribution in [0, 0.1) is 11.3 Å². The first-order valence-corrected chi connectivity index (χ1v) is 10.9. The number of hydrogen-bond acceptors (Lipinski definition) is 7. The Morgan fingerprint density at radius 2 is 1.82 bits per heavy atom. The fourth-order valence-electron chi connectivity index (χ4n) is 3.36. The number of ether oxygens (including phenoxy) is 2. The van der Waals surface area contributed by atoms with Crippen LogP contribution in [0.4, 0.5) is 0 Å². The molecule has 33 heavy (non-hydrogen) atoms. The summed E-state index contributed by atoms with van der Waals surface area (Å²) >= 11 is 1.16. The number of carbonyl (C=O) groups is 1. The summed E-state index contributed by atoms with van der Waals surface area (Å²) < 4.78 is 12.0. The molecule has 0 aliphatic carbocycles. The second-order valence-corrected chi connectivity index (χ2v) is 7.93. The van der Waals surface area contributed by atoms with E-state index in [4.69, 9.17) is 14.7 Å². The monoisotopic (exact) mass is 457 g/mol. The van der Waals surface area contributed by atoms with Crippen molar-refractivity contribution in [3.05, 3.63) is 88.2 Å². The van der Waals surface area contributed by atoms with Crippen molar-refractivity contribution >= 4 is 28.4 Å². The molecule has 7 nitrogen and oxygen atoms in total. The van der Waals surface area contributed by atoms with Crippen LogP contribution >= 0.6 is 11.8 Å². The van der Waals surface area contributed by atoms with Gasteiger partial charge in [0, 0.05) is 0 Å². The lowest BCUT2D eigenvalue weighted by atomic mass is 10.1. The predicted octanol–water partition coefficient (Wildman–Crippen LogP) is 4.25. The van der Waals surface area contributed by atoms with E-state index in [1.807, 2.05) is 6.07 Å². The van der Waals surface area contributed by atoms with E-state index < -0.39 is 0 Å². The number of thioether (sulfide) groups is 1. The molecular weight excluding hydrogens is 438 g/mol. The first-order chi connectivity index (χ1) is 16.0. The van der Waals surface area contributed by atoms with Crippen LogP contribution in [-0.4, -0.2) is 35.3 Å². The molecule has 0 unspecified atom stereocenters. The minimum Gasteiger partial charge on any atom is -0.497 e. The van der Waals surface area contributed by atoms with E-state index in [2.05, 4.69) is 11.1 Å². The highest BCUT2D eigenvalue weighted by Crippen LogP contribution is 2.27. The van der Waals surface area contributed by atoms with Gasteiger partial charge in [-0.3, -0.25) is 14.2 Å². The Morgan fingerprint density at radius 3 is 2.52 bits per heavy atom. The molecule has 0 aliphatic heterocycles. The lowest BCUT2D eigenvalue weighted by Gasteiger charge is -2.14. The Balaban J connectivity index is 1.75. The summed E-state index contributed by atoms with van der Waals surface area (Å²) in [6, 6.07) is 20.8. The van der Waals surface area contributed by atoms with E-state index in [9.17, 15) is 9.59 Å². The summed E-state index contributed by atoms with van der Waals surface area (Å²) in [6.45, 7) is 0. The maximum atomic E-state index is 13.3. The fraction of sp³-hybridized carbons (Fsp3) is 0.120. The molecule has 0 saturated heterocycles. The molecule has 4 rings (SSSR count). The topological polar surface area (TPSA) is 94.2 Å². The maximum absolute atomic E-state index is 13.3. The van der Waals surface area contributed by atoms with Gasteiger partial charge in [0.15, 0.2) is 10.9 Å². The van der Waals surface area contributed by atoms with Crippen LogP contribution < -0.4 is 15.0 Å². The van der Waals surface area contributed by atoms with Crippen LogP contribution in [0.3, 0.4) is 0 Å². The van der Waals surface area contributed by atoms with Gasteiger partial charge in [-0.15, -0.1) is 0 Å². The summed E-state index contributed by atoms with van der Waals surface area (Å²) in [5.74, 6) is 0.828. The van der Waals surface area contributed by atoms with Crippen LogP contribution in [0.15, 0.2) is 76.7 Å². The summed E-state index contributed by atoms with van der Waals surface area (Å²) in [4.78, 5) is 31.0. The molecule has 8 heteroatoms. The molecule has 0 aliphatic rings. The molecule has 3 aromatic carbocycles. The van der Waals surface area contributed by atoms with Gasteiger partial charge in [-0.25, -0.2) is 4.98 Å². The predicted molar refractivity (Wildman–Crippen MR) is 127 cm³/mol. The third-order valence-electron chi connectivity index (χ3n) is 5.04. The quantitative estimate of drug-likeness (QED) is 0.233. The van der Waals surface area contributed by atoms with Crippen LogP contribution in [0.25, 0.3) is 16.6 Å². The van der Waals surface area contributed by atoms with Gasteiger partial charge in [-0.1, -0.05) is 23.9 Å². The zero-order valence-corrected chi connectivity index (χ0v) is 18.8. The molecule has 0 atom stereocenters. The first kappa shape index (κ1) is 22.1. The van der Waals surface area contributed by atoms with E-state index in [0.717, 1.165) is 11.8 Å². The number of aromatic nitrogens is 2. The SMILES string of the molecule is COc1ccc(OC)c(C(=O)CSc2nc3ccccc3c(=O)n2-c2ccc(C#N)cc2)c1. The molecule has 0 N–H and O–H groups in total. The summed E-state index contributed by atoms with van der Waals surface area (Å²) in [5, 5.41) is 9.93. The van der Waals surface area contributed by atoms with Crippen LogP contribution in [-0.2, 0) is 0 Å². The van der Waals surface area contributed by atoms with Gasteiger partial charge in [0.2, 0.25) is 0 Å². The van der Waals surface area contributed by atoms with Crippen LogP contribution in [0.5, 0.6) is 11.5 Å². The van der Waals surface area contributed by atoms with Crippen LogP contribution in [0.1, 0.15) is 15.9 Å². The van der Waals surface area contributed by atoms with Crippen molar-refractivity contribution in [3.8, 4) is 23.3 Å². The lowest BCUT2D eigenvalue weighted by molar-refractivity contribution is 0.101. The summed E-state index contributed by atoms with van der Waals surface area (Å²) in [7, 11) is 3.03. The summed E-state index contributed by atoms with van der Waals surface area (Å²) in [5.41, 5.74) is 1.72. The molecule has 0 amide bonds. The first-order valence-electron chi connectivity index (χ1n) is 9.96. The second-order valence-electron chi connectivity index (χ2n) is 6.99. The molecular formula is C25H19N3O4S. The number of fused-ring (bicyclic) bond motifs is 1. The van der Waals surface area contributed by atoms with E-state index >= 15 is 0 Å². The number of ketones is 1. The molecule has 0 bridgehead atoms. The highest BCUT2D eigenvalue weighted by Gasteiger charge is 2.18. The van der Waals surface area contributed by atoms with Crippen molar-refractivity contribution in [1.82, 2.24) is 9.55 Å². The number of hydrogen-bond donors (Lipinski definition) is 0. The molecule has 164 valence electrons.